The van der Waals surface area contributed by atoms with Crippen molar-refractivity contribution in [2.45, 2.75) is 38.0 Å². The zero-order valence-corrected chi connectivity index (χ0v) is 24.1. The summed E-state index contributed by atoms with van der Waals surface area (Å²) in [4.78, 5) is 28.1. The molecule has 1 atom stereocenters. The topological polar surface area (TPSA) is 86.8 Å². The first-order chi connectivity index (χ1) is 19.3. The number of carbonyl (C=O) groups excluding carboxylic acids is 2. The Balaban J connectivity index is 1.86. The Hall–Kier alpha value is -3.57. The third-order valence-corrected chi connectivity index (χ3v) is 7.80. The quantitative estimate of drug-likeness (QED) is 0.302. The van der Waals surface area contributed by atoms with E-state index in [0.717, 1.165) is 34.3 Å². The van der Waals surface area contributed by atoms with Gasteiger partial charge in [0.25, 0.3) is 0 Å². The summed E-state index contributed by atoms with van der Waals surface area (Å²) < 4.78 is 65.6. The summed E-state index contributed by atoms with van der Waals surface area (Å²) in [5.41, 5.74) is 0.381. The lowest BCUT2D eigenvalue weighted by Gasteiger charge is -2.31. The molecule has 0 spiro atoms. The van der Waals surface area contributed by atoms with Gasteiger partial charge in [0.2, 0.25) is 21.8 Å². The van der Waals surface area contributed by atoms with Crippen LogP contribution in [-0.4, -0.2) is 51.0 Å². The highest BCUT2D eigenvalue weighted by Gasteiger charge is 2.32. The average Bonchev–Trinajstić information content (AvgIpc) is 2.92. The molecular formula is C29H31ClF3N3O4S. The highest BCUT2D eigenvalue weighted by molar-refractivity contribution is 7.92. The summed E-state index contributed by atoms with van der Waals surface area (Å²) in [5, 5.41) is 3.07. The number of alkyl halides is 3. The normalized spacial score (nSPS) is 12.4. The van der Waals surface area contributed by atoms with Crippen molar-refractivity contribution in [3.63, 3.8) is 0 Å². The average molecular weight is 610 g/mol. The molecule has 0 fully saturated rings. The van der Waals surface area contributed by atoms with Gasteiger partial charge in [-0.1, -0.05) is 60.1 Å². The van der Waals surface area contributed by atoms with E-state index in [1.165, 1.54) is 18.0 Å². The fraction of sp³-hybridized carbons (Fsp3) is 0.310. The van der Waals surface area contributed by atoms with Crippen LogP contribution in [0, 0.1) is 0 Å². The fourth-order valence-corrected chi connectivity index (χ4v) is 5.56. The maximum absolute atomic E-state index is 13.6. The first-order valence-electron chi connectivity index (χ1n) is 12.7. The summed E-state index contributed by atoms with van der Waals surface area (Å²) in [6.45, 7) is -0.173. The van der Waals surface area contributed by atoms with E-state index in [-0.39, 0.29) is 43.9 Å². The molecule has 220 valence electrons. The van der Waals surface area contributed by atoms with Gasteiger partial charge in [-0.15, -0.1) is 0 Å². The van der Waals surface area contributed by atoms with Crippen LogP contribution in [0.4, 0.5) is 18.9 Å². The number of rotatable bonds is 12. The molecule has 0 radical (unpaired) electrons. The molecule has 3 rings (SSSR count). The van der Waals surface area contributed by atoms with E-state index >= 15 is 0 Å². The maximum Gasteiger partial charge on any atom is 0.416 e. The Bertz CT molecular complexity index is 1450. The van der Waals surface area contributed by atoms with Gasteiger partial charge in [0.05, 0.1) is 17.5 Å². The van der Waals surface area contributed by atoms with Gasteiger partial charge in [-0.3, -0.25) is 13.9 Å². The van der Waals surface area contributed by atoms with Crippen molar-refractivity contribution in [3.05, 3.63) is 101 Å². The van der Waals surface area contributed by atoms with E-state index in [1.54, 1.807) is 24.3 Å². The van der Waals surface area contributed by atoms with Gasteiger partial charge in [-0.2, -0.15) is 13.2 Å². The minimum Gasteiger partial charge on any atom is -0.357 e. The molecule has 0 aliphatic rings. The van der Waals surface area contributed by atoms with Crippen LogP contribution in [0.1, 0.15) is 29.5 Å². The van der Waals surface area contributed by atoms with Crippen molar-refractivity contribution in [2.24, 2.45) is 0 Å². The molecule has 3 aromatic rings. The summed E-state index contributed by atoms with van der Waals surface area (Å²) in [6.07, 6.45) is -3.69. The standard InChI is InChI=1S/C29H31ClF3N3O4S/c1-34-28(38)26(18-21-9-4-3-5-10-21)35(20-22-11-6-13-24(30)17-22)27(37)15-8-16-36(41(2,39)40)25-14-7-12-23(19-25)29(31,32)33/h3-7,9-14,17,19,26H,8,15-16,18,20H2,1-2H3,(H,34,38)/t26-/m1/s1. The Labute approximate surface area is 243 Å². The first-order valence-corrected chi connectivity index (χ1v) is 15.0. The van der Waals surface area contributed by atoms with E-state index in [9.17, 15) is 31.2 Å². The Morgan fingerprint density at radius 2 is 1.61 bits per heavy atom. The molecule has 1 N–H and O–H groups in total. The number of carbonyl (C=O) groups is 2. The Morgan fingerprint density at radius 1 is 0.951 bits per heavy atom. The largest absolute Gasteiger partial charge is 0.416 e. The van der Waals surface area contributed by atoms with Crippen LogP contribution < -0.4 is 9.62 Å². The van der Waals surface area contributed by atoms with Gasteiger partial charge < -0.3 is 10.2 Å². The van der Waals surface area contributed by atoms with Crippen LogP contribution in [-0.2, 0) is 38.8 Å². The minimum atomic E-state index is -4.65. The molecule has 0 heterocycles. The Morgan fingerprint density at radius 3 is 2.22 bits per heavy atom. The van der Waals surface area contributed by atoms with Gasteiger partial charge in [0.1, 0.15) is 6.04 Å². The maximum atomic E-state index is 13.6. The summed E-state index contributed by atoms with van der Waals surface area (Å²) in [7, 11) is -2.49. The molecule has 3 aromatic carbocycles. The molecule has 12 heteroatoms. The van der Waals surface area contributed by atoms with Crippen LogP contribution in [0.3, 0.4) is 0 Å². The van der Waals surface area contributed by atoms with Crippen molar-refractivity contribution >= 4 is 39.1 Å². The second kappa shape index (κ2) is 13.9. The van der Waals surface area contributed by atoms with Crippen molar-refractivity contribution in [3.8, 4) is 0 Å². The van der Waals surface area contributed by atoms with Crippen molar-refractivity contribution < 1.29 is 31.2 Å². The predicted molar refractivity (Wildman–Crippen MR) is 153 cm³/mol. The minimum absolute atomic E-state index is 0.00000427. The lowest BCUT2D eigenvalue weighted by Crippen LogP contribution is -2.49. The summed E-state index contributed by atoms with van der Waals surface area (Å²) >= 11 is 6.15. The third-order valence-electron chi connectivity index (χ3n) is 6.37. The van der Waals surface area contributed by atoms with E-state index in [1.807, 2.05) is 30.3 Å². The molecule has 0 bridgehead atoms. The number of benzene rings is 3. The zero-order valence-electron chi connectivity index (χ0n) is 22.6. The van der Waals surface area contributed by atoms with Crippen molar-refractivity contribution in [1.82, 2.24) is 10.2 Å². The Kier molecular flexibility index (Phi) is 10.8. The lowest BCUT2D eigenvalue weighted by molar-refractivity contribution is -0.141. The molecule has 0 aliphatic heterocycles. The number of hydrogen-bond acceptors (Lipinski definition) is 4. The highest BCUT2D eigenvalue weighted by Crippen LogP contribution is 2.32. The molecule has 0 aromatic heterocycles. The van der Waals surface area contributed by atoms with E-state index < -0.39 is 33.7 Å². The van der Waals surface area contributed by atoms with Gasteiger partial charge in [0, 0.05) is 38.0 Å². The molecule has 41 heavy (non-hydrogen) atoms. The number of anilines is 1. The van der Waals surface area contributed by atoms with Crippen LogP contribution in [0.15, 0.2) is 78.9 Å². The first kappa shape index (κ1) is 32.0. The van der Waals surface area contributed by atoms with Gasteiger partial charge in [-0.05, 0) is 47.9 Å². The molecular weight excluding hydrogens is 579 g/mol. The van der Waals surface area contributed by atoms with Gasteiger partial charge in [-0.25, -0.2) is 8.42 Å². The molecule has 7 nitrogen and oxygen atoms in total. The van der Waals surface area contributed by atoms with Gasteiger partial charge >= 0.3 is 6.18 Å². The van der Waals surface area contributed by atoms with Crippen LogP contribution in [0.2, 0.25) is 5.02 Å². The molecule has 0 aliphatic carbocycles. The fourth-order valence-electron chi connectivity index (χ4n) is 4.39. The van der Waals surface area contributed by atoms with Crippen LogP contribution in [0.5, 0.6) is 0 Å². The van der Waals surface area contributed by atoms with E-state index in [2.05, 4.69) is 5.32 Å². The number of sulfonamides is 1. The zero-order chi connectivity index (χ0) is 30.2. The number of nitrogens with one attached hydrogen (secondary N) is 1. The number of amides is 2. The van der Waals surface area contributed by atoms with Crippen molar-refractivity contribution in [1.29, 1.82) is 0 Å². The lowest BCUT2D eigenvalue weighted by atomic mass is 10.0. The predicted octanol–water partition coefficient (Wildman–Crippen LogP) is 5.29. The molecule has 0 unspecified atom stereocenters. The van der Waals surface area contributed by atoms with Crippen LogP contribution >= 0.6 is 11.6 Å². The SMILES string of the molecule is CNC(=O)[C@@H](Cc1ccccc1)N(Cc1cccc(Cl)c1)C(=O)CCCN(c1cccc(C(F)(F)F)c1)S(C)(=O)=O. The molecule has 2 amide bonds. The monoisotopic (exact) mass is 609 g/mol. The van der Waals surface area contributed by atoms with E-state index in [4.69, 9.17) is 11.6 Å². The van der Waals surface area contributed by atoms with Gasteiger partial charge in [0.15, 0.2) is 0 Å². The number of nitrogens with zero attached hydrogens (tertiary/aromatic N) is 2. The third kappa shape index (κ3) is 9.22. The molecule has 0 saturated carbocycles. The second-order valence-corrected chi connectivity index (χ2v) is 11.8. The number of hydrogen-bond donors (Lipinski definition) is 1. The number of likely N-dealkylation sites (N-methyl/N-ethyl adjacent to an activating group) is 1. The smallest absolute Gasteiger partial charge is 0.357 e. The van der Waals surface area contributed by atoms with Crippen LogP contribution in [0.25, 0.3) is 0 Å². The summed E-state index contributed by atoms with van der Waals surface area (Å²) in [6, 6.07) is 19.2. The summed E-state index contributed by atoms with van der Waals surface area (Å²) in [5.74, 6) is -0.807. The van der Waals surface area contributed by atoms with E-state index in [0.29, 0.717) is 10.6 Å². The second-order valence-electron chi connectivity index (χ2n) is 9.46. The van der Waals surface area contributed by atoms with Crippen molar-refractivity contribution in [2.75, 3.05) is 24.2 Å². The highest BCUT2D eigenvalue weighted by atomic mass is 35.5. The molecule has 0 saturated heterocycles. The number of halogens is 4.